The minimum Gasteiger partial charge on any atom is -0.504 e. The minimum absolute atomic E-state index is 0.0429. The van der Waals surface area contributed by atoms with Crippen molar-refractivity contribution in [2.24, 2.45) is 0 Å². The van der Waals surface area contributed by atoms with E-state index in [0.717, 1.165) is 12.1 Å². The van der Waals surface area contributed by atoms with Crippen LogP contribution in [0.3, 0.4) is 0 Å². The lowest BCUT2D eigenvalue weighted by molar-refractivity contribution is 0.134. The Labute approximate surface area is 139 Å². The summed E-state index contributed by atoms with van der Waals surface area (Å²) >= 11 is 0. The molecule has 0 radical (unpaired) electrons. The molecule has 0 spiro atoms. The Morgan fingerprint density at radius 2 is 1.92 bits per heavy atom. The topological polar surface area (TPSA) is 61.7 Å². The fourth-order valence-corrected chi connectivity index (χ4v) is 2.35. The number of phenolic OH excluding ortho intramolecular Hbond substituents is 1. The van der Waals surface area contributed by atoms with E-state index in [1.54, 1.807) is 25.1 Å². The smallest absolute Gasteiger partial charge is 0.162 e. The van der Waals surface area contributed by atoms with Crippen molar-refractivity contribution in [3.63, 3.8) is 0 Å². The summed E-state index contributed by atoms with van der Waals surface area (Å²) in [6, 6.07) is 8.03. The summed E-state index contributed by atoms with van der Waals surface area (Å²) in [6.45, 7) is 4.27. The molecular formula is C18H21F2NO3. The summed E-state index contributed by atoms with van der Waals surface area (Å²) in [7, 11) is 0. The molecule has 0 saturated heterocycles. The van der Waals surface area contributed by atoms with Crippen LogP contribution in [-0.2, 0) is 6.54 Å². The van der Waals surface area contributed by atoms with E-state index in [2.05, 4.69) is 5.32 Å². The molecule has 0 bridgehead atoms. The van der Waals surface area contributed by atoms with Crippen LogP contribution in [-0.4, -0.2) is 22.9 Å². The quantitative estimate of drug-likeness (QED) is 0.726. The molecule has 6 heteroatoms. The van der Waals surface area contributed by atoms with E-state index in [1.165, 1.54) is 6.07 Å². The van der Waals surface area contributed by atoms with E-state index in [9.17, 15) is 19.0 Å². The number of benzene rings is 2. The van der Waals surface area contributed by atoms with E-state index < -0.39 is 23.8 Å². The molecule has 0 aromatic heterocycles. The Kier molecular flexibility index (Phi) is 6.11. The number of phenols is 1. The van der Waals surface area contributed by atoms with Gasteiger partial charge in [-0.15, -0.1) is 0 Å². The van der Waals surface area contributed by atoms with Gasteiger partial charge >= 0.3 is 0 Å². The molecule has 0 saturated carbocycles. The zero-order chi connectivity index (χ0) is 17.7. The number of rotatable bonds is 7. The van der Waals surface area contributed by atoms with Crippen molar-refractivity contribution in [2.45, 2.75) is 32.5 Å². The molecule has 0 aliphatic heterocycles. The van der Waals surface area contributed by atoms with Crippen LogP contribution in [0.2, 0.25) is 0 Å². The highest BCUT2D eigenvalue weighted by Crippen LogP contribution is 2.30. The van der Waals surface area contributed by atoms with Gasteiger partial charge in [0.15, 0.2) is 23.1 Å². The van der Waals surface area contributed by atoms with E-state index in [1.807, 2.05) is 6.92 Å². The van der Waals surface area contributed by atoms with Gasteiger partial charge in [0.05, 0.1) is 12.7 Å². The first-order valence-corrected chi connectivity index (χ1v) is 7.74. The highest BCUT2D eigenvalue weighted by Gasteiger charge is 2.18. The number of aliphatic hydroxyl groups is 1. The molecule has 0 aliphatic carbocycles. The van der Waals surface area contributed by atoms with Gasteiger partial charge in [0.2, 0.25) is 0 Å². The highest BCUT2D eigenvalue weighted by atomic mass is 19.2. The van der Waals surface area contributed by atoms with Crippen LogP contribution in [0.15, 0.2) is 36.4 Å². The van der Waals surface area contributed by atoms with Gasteiger partial charge < -0.3 is 20.3 Å². The third kappa shape index (κ3) is 4.21. The Balaban J connectivity index is 2.03. The van der Waals surface area contributed by atoms with Crippen molar-refractivity contribution in [3.8, 4) is 11.5 Å². The van der Waals surface area contributed by atoms with Crippen LogP contribution in [0.25, 0.3) is 0 Å². The number of para-hydroxylation sites is 1. The second kappa shape index (κ2) is 8.08. The molecule has 0 aliphatic rings. The normalized spacial score (nSPS) is 13.5. The Morgan fingerprint density at radius 3 is 2.58 bits per heavy atom. The number of aliphatic hydroxyl groups excluding tert-OH is 1. The van der Waals surface area contributed by atoms with Gasteiger partial charge in [-0.05, 0) is 37.6 Å². The second-order valence-electron chi connectivity index (χ2n) is 5.48. The van der Waals surface area contributed by atoms with Gasteiger partial charge in [0.25, 0.3) is 0 Å². The lowest BCUT2D eigenvalue weighted by Crippen LogP contribution is -2.31. The molecule has 0 heterocycles. The Hall–Kier alpha value is -2.18. The Morgan fingerprint density at radius 1 is 1.17 bits per heavy atom. The van der Waals surface area contributed by atoms with E-state index >= 15 is 0 Å². The summed E-state index contributed by atoms with van der Waals surface area (Å²) in [5, 5.41) is 23.4. The van der Waals surface area contributed by atoms with Crippen LogP contribution in [0.1, 0.15) is 31.1 Å². The van der Waals surface area contributed by atoms with Gasteiger partial charge in [0, 0.05) is 18.2 Å². The van der Waals surface area contributed by atoms with Crippen LogP contribution < -0.4 is 10.1 Å². The lowest BCUT2D eigenvalue weighted by atomic mass is 10.0. The molecule has 24 heavy (non-hydrogen) atoms. The second-order valence-corrected chi connectivity index (χ2v) is 5.48. The lowest BCUT2D eigenvalue weighted by Gasteiger charge is -2.21. The maximum atomic E-state index is 13.3. The SMILES string of the molecule is CCOc1cccc(CNC(C)C(O)c2ccc(F)c(F)c2)c1O. The van der Waals surface area contributed by atoms with E-state index in [0.29, 0.717) is 17.9 Å². The zero-order valence-corrected chi connectivity index (χ0v) is 13.6. The van der Waals surface area contributed by atoms with Gasteiger partial charge in [-0.2, -0.15) is 0 Å². The minimum atomic E-state index is -1.02. The van der Waals surface area contributed by atoms with Gasteiger partial charge in [-0.1, -0.05) is 18.2 Å². The van der Waals surface area contributed by atoms with Crippen molar-refractivity contribution in [1.29, 1.82) is 0 Å². The molecule has 2 atom stereocenters. The molecule has 0 amide bonds. The molecule has 2 rings (SSSR count). The average molecular weight is 337 g/mol. The van der Waals surface area contributed by atoms with Crippen LogP contribution in [0, 0.1) is 11.6 Å². The first kappa shape index (κ1) is 18.2. The maximum absolute atomic E-state index is 13.3. The Bertz CT molecular complexity index is 694. The van der Waals surface area contributed by atoms with Crippen LogP contribution in [0.5, 0.6) is 11.5 Å². The van der Waals surface area contributed by atoms with E-state index in [4.69, 9.17) is 4.74 Å². The average Bonchev–Trinajstić information content (AvgIpc) is 2.57. The first-order valence-electron chi connectivity index (χ1n) is 7.74. The first-order chi connectivity index (χ1) is 11.4. The molecule has 2 unspecified atom stereocenters. The predicted molar refractivity (Wildman–Crippen MR) is 86.9 cm³/mol. The molecule has 4 nitrogen and oxygen atoms in total. The summed E-state index contributed by atoms with van der Waals surface area (Å²) in [5.41, 5.74) is 0.895. The summed E-state index contributed by atoms with van der Waals surface area (Å²) in [5.74, 6) is -1.52. The van der Waals surface area contributed by atoms with Crippen molar-refractivity contribution in [2.75, 3.05) is 6.61 Å². The summed E-state index contributed by atoms with van der Waals surface area (Å²) in [6.07, 6.45) is -1.02. The van der Waals surface area contributed by atoms with Crippen molar-refractivity contribution < 1.29 is 23.7 Å². The van der Waals surface area contributed by atoms with Gasteiger partial charge in [-0.3, -0.25) is 0 Å². The zero-order valence-electron chi connectivity index (χ0n) is 13.6. The molecule has 2 aromatic rings. The van der Waals surface area contributed by atoms with Crippen LogP contribution >= 0.6 is 0 Å². The molecule has 130 valence electrons. The maximum Gasteiger partial charge on any atom is 0.162 e. The number of halogens is 2. The number of hydrogen-bond acceptors (Lipinski definition) is 4. The monoisotopic (exact) mass is 337 g/mol. The van der Waals surface area contributed by atoms with Crippen molar-refractivity contribution >= 4 is 0 Å². The largest absolute Gasteiger partial charge is 0.504 e. The third-order valence-corrected chi connectivity index (χ3v) is 3.76. The number of hydrogen-bond donors (Lipinski definition) is 3. The molecule has 2 aromatic carbocycles. The third-order valence-electron chi connectivity index (χ3n) is 3.76. The number of ether oxygens (including phenoxy) is 1. The number of aromatic hydroxyl groups is 1. The molecular weight excluding hydrogens is 316 g/mol. The molecule has 3 N–H and O–H groups in total. The standard InChI is InChI=1S/C18H21F2NO3/c1-3-24-16-6-4-5-13(18(16)23)10-21-11(2)17(22)12-7-8-14(19)15(20)9-12/h4-9,11,17,21-23H,3,10H2,1-2H3. The summed E-state index contributed by atoms with van der Waals surface area (Å²) < 4.78 is 31.6. The van der Waals surface area contributed by atoms with Gasteiger partial charge in [-0.25, -0.2) is 8.78 Å². The van der Waals surface area contributed by atoms with Gasteiger partial charge in [0.1, 0.15) is 0 Å². The van der Waals surface area contributed by atoms with Crippen molar-refractivity contribution in [3.05, 3.63) is 59.2 Å². The van der Waals surface area contributed by atoms with Crippen LogP contribution in [0.4, 0.5) is 8.78 Å². The predicted octanol–water partition coefficient (Wildman–Crippen LogP) is 3.28. The van der Waals surface area contributed by atoms with E-state index in [-0.39, 0.29) is 17.9 Å². The molecule has 0 fully saturated rings. The fourth-order valence-electron chi connectivity index (χ4n) is 2.35. The number of nitrogens with one attached hydrogen (secondary N) is 1. The van der Waals surface area contributed by atoms with Crippen molar-refractivity contribution in [1.82, 2.24) is 5.32 Å². The fraction of sp³-hybridized carbons (Fsp3) is 0.333. The highest BCUT2D eigenvalue weighted by molar-refractivity contribution is 5.45. The summed E-state index contributed by atoms with van der Waals surface area (Å²) in [4.78, 5) is 0.